The van der Waals surface area contributed by atoms with Crippen molar-refractivity contribution in [3.8, 4) is 28.4 Å². The zero-order valence-electron chi connectivity index (χ0n) is 33.6. The molecule has 1 spiro atoms. The van der Waals surface area contributed by atoms with E-state index in [1.54, 1.807) is 20.3 Å². The fourth-order valence-corrected chi connectivity index (χ4v) is 10.5. The number of alkyl halides is 3. The van der Waals surface area contributed by atoms with Crippen molar-refractivity contribution in [1.82, 2.24) is 0 Å². The first-order chi connectivity index (χ1) is 28.7. The number of nitrogens with zero attached hydrogens (tertiary/aromatic N) is 2. The van der Waals surface area contributed by atoms with Crippen LogP contribution in [0.4, 0.5) is 24.5 Å². The quantitative estimate of drug-likeness (QED) is 0.169. The Morgan fingerprint density at radius 3 is 1.95 bits per heavy atom. The molecule has 7 nitrogen and oxygen atoms in total. The number of hydrogen-bond acceptors (Lipinski definition) is 7. The summed E-state index contributed by atoms with van der Waals surface area (Å²) in [5, 5.41) is 1.81. The summed E-state index contributed by atoms with van der Waals surface area (Å²) in [5.41, 5.74) is 6.33. The second-order valence-corrected chi connectivity index (χ2v) is 16.5. The molecule has 3 heterocycles. The van der Waals surface area contributed by atoms with Gasteiger partial charge in [0.05, 0.1) is 51.9 Å². The molecule has 0 aromatic heterocycles. The third kappa shape index (κ3) is 6.24. The average molecular weight is 803 g/mol. The molecule has 5 aliphatic rings. The van der Waals surface area contributed by atoms with Gasteiger partial charge in [-0.25, -0.2) is 0 Å². The molecule has 0 radical (unpaired) electrons. The highest BCUT2D eigenvalue weighted by molar-refractivity contribution is 6.10. The van der Waals surface area contributed by atoms with Gasteiger partial charge in [-0.3, -0.25) is 0 Å². The summed E-state index contributed by atoms with van der Waals surface area (Å²) < 4.78 is 74.6. The first-order valence-corrected chi connectivity index (χ1v) is 21.0. The summed E-state index contributed by atoms with van der Waals surface area (Å²) in [4.78, 5) is 4.62. The topological polar surface area (TPSA) is 52.6 Å². The van der Waals surface area contributed by atoms with Gasteiger partial charge in [0.25, 0.3) is 0 Å². The van der Waals surface area contributed by atoms with E-state index in [1.807, 2.05) is 12.1 Å². The van der Waals surface area contributed by atoms with E-state index in [9.17, 15) is 13.2 Å². The molecule has 3 aliphatic heterocycles. The summed E-state index contributed by atoms with van der Waals surface area (Å²) in [6, 6.07) is 25.4. The van der Waals surface area contributed by atoms with Crippen LogP contribution in [-0.4, -0.2) is 66.8 Å². The summed E-state index contributed by atoms with van der Waals surface area (Å²) in [7, 11) is 3.35. The van der Waals surface area contributed by atoms with E-state index in [-0.39, 0.29) is 0 Å². The van der Waals surface area contributed by atoms with Gasteiger partial charge in [-0.2, -0.15) is 13.2 Å². The number of fused-ring (bicyclic) bond motifs is 10. The molecule has 1 saturated carbocycles. The van der Waals surface area contributed by atoms with Crippen molar-refractivity contribution in [3.05, 3.63) is 118 Å². The predicted molar refractivity (Wildman–Crippen MR) is 225 cm³/mol. The molecule has 306 valence electrons. The zero-order valence-corrected chi connectivity index (χ0v) is 33.6. The Morgan fingerprint density at radius 1 is 0.678 bits per heavy atom. The third-order valence-electron chi connectivity index (χ3n) is 13.5. The Balaban J connectivity index is 1.25. The van der Waals surface area contributed by atoms with Gasteiger partial charge in [0.15, 0.2) is 5.60 Å². The van der Waals surface area contributed by atoms with Crippen LogP contribution >= 0.6 is 0 Å². The minimum absolute atomic E-state index is 0.596. The lowest BCUT2D eigenvalue weighted by Crippen LogP contribution is -2.37. The lowest BCUT2D eigenvalue weighted by Gasteiger charge is -2.40. The van der Waals surface area contributed by atoms with E-state index in [4.69, 9.17) is 23.7 Å². The lowest BCUT2D eigenvalue weighted by atomic mass is 9.69. The number of morpholine rings is 2. The second-order valence-electron chi connectivity index (χ2n) is 16.5. The van der Waals surface area contributed by atoms with Crippen LogP contribution in [0.25, 0.3) is 28.0 Å². The molecule has 1 unspecified atom stereocenters. The SMILES string of the molecule is COc1ccc(C2(c3ccc(N4CCOCC4)cc3)C=Cc3c4c(c5cc(N6CCOCC6)c(OC)cc5c3O2)-c2ccc(C(F)(F)F)cc2C42CCCCCC2)cc1. The van der Waals surface area contributed by atoms with Gasteiger partial charge in [-0.1, -0.05) is 62.1 Å². The maximum absolute atomic E-state index is 14.6. The van der Waals surface area contributed by atoms with Gasteiger partial charge < -0.3 is 33.5 Å². The second kappa shape index (κ2) is 14.8. The lowest BCUT2D eigenvalue weighted by molar-refractivity contribution is -0.137. The van der Waals surface area contributed by atoms with E-state index >= 15 is 0 Å². The Hall–Kier alpha value is -5.19. The number of halogens is 3. The summed E-state index contributed by atoms with van der Waals surface area (Å²) >= 11 is 0. The monoisotopic (exact) mass is 802 g/mol. The molecule has 1 atom stereocenters. The number of ether oxygens (including phenoxy) is 5. The molecule has 0 N–H and O–H groups in total. The van der Waals surface area contributed by atoms with Crippen LogP contribution in [0, 0.1) is 0 Å². The molecule has 2 saturated heterocycles. The van der Waals surface area contributed by atoms with E-state index in [0.717, 1.165) is 118 Å². The molecule has 59 heavy (non-hydrogen) atoms. The van der Waals surface area contributed by atoms with Crippen LogP contribution in [0.5, 0.6) is 17.2 Å². The third-order valence-corrected chi connectivity index (χ3v) is 13.5. The molecule has 0 bridgehead atoms. The fourth-order valence-electron chi connectivity index (χ4n) is 10.5. The highest BCUT2D eigenvalue weighted by atomic mass is 19.4. The van der Waals surface area contributed by atoms with Gasteiger partial charge >= 0.3 is 6.18 Å². The number of methoxy groups -OCH3 is 2. The highest BCUT2D eigenvalue weighted by Gasteiger charge is 2.49. The summed E-state index contributed by atoms with van der Waals surface area (Å²) in [6.45, 7) is 5.62. The molecule has 10 heteroatoms. The van der Waals surface area contributed by atoms with Crippen molar-refractivity contribution in [2.45, 2.75) is 55.7 Å². The van der Waals surface area contributed by atoms with Gasteiger partial charge in [-0.05, 0) is 95.1 Å². The van der Waals surface area contributed by atoms with E-state index < -0.39 is 22.8 Å². The van der Waals surface area contributed by atoms with Crippen molar-refractivity contribution in [1.29, 1.82) is 0 Å². The molecular formula is C49H49F3N2O5. The smallest absolute Gasteiger partial charge is 0.416 e. The van der Waals surface area contributed by atoms with Gasteiger partial charge in [0.1, 0.15) is 17.2 Å². The molecule has 2 aliphatic carbocycles. The van der Waals surface area contributed by atoms with Crippen molar-refractivity contribution in [2.24, 2.45) is 0 Å². The summed E-state index contributed by atoms with van der Waals surface area (Å²) in [6.07, 6.45) is 5.37. The van der Waals surface area contributed by atoms with Crippen LogP contribution in [0.15, 0.2) is 84.9 Å². The van der Waals surface area contributed by atoms with Gasteiger partial charge in [0.2, 0.25) is 0 Å². The number of anilines is 2. The Kier molecular flexibility index (Phi) is 9.55. The van der Waals surface area contributed by atoms with Crippen molar-refractivity contribution >= 4 is 28.2 Å². The van der Waals surface area contributed by atoms with Crippen LogP contribution in [0.3, 0.4) is 0 Å². The first-order valence-electron chi connectivity index (χ1n) is 21.0. The Bertz CT molecular complexity index is 2410. The fraction of sp³-hybridized carbons (Fsp3) is 0.388. The standard InChI is InChI=1S/C49H49F3N2O5/c1-55-36-14-9-33(10-15-36)48(32-7-12-35(13-8-32)53-21-25-57-26-22-53)20-17-38-45-44(37-16-11-34(49(50,51)52)29-41(37)47(45)18-5-3-4-6-19-47)39-30-42(54-23-27-58-28-24-54)43(56-2)31-40(39)46(38)59-48/h7-17,20,29-31H,3-6,18-19,21-28H2,1-2H3. The van der Waals surface area contributed by atoms with Crippen LogP contribution < -0.4 is 24.0 Å². The minimum atomic E-state index is -4.47. The Labute approximate surface area is 343 Å². The Morgan fingerprint density at radius 2 is 1.32 bits per heavy atom. The van der Waals surface area contributed by atoms with E-state index in [1.165, 1.54) is 12.1 Å². The van der Waals surface area contributed by atoms with Crippen LogP contribution in [-0.2, 0) is 26.7 Å². The molecule has 0 amide bonds. The van der Waals surface area contributed by atoms with E-state index in [2.05, 4.69) is 70.5 Å². The minimum Gasteiger partial charge on any atom is -0.497 e. The van der Waals surface area contributed by atoms with Crippen LogP contribution in [0.2, 0.25) is 0 Å². The molecular weight excluding hydrogens is 754 g/mol. The predicted octanol–water partition coefficient (Wildman–Crippen LogP) is 10.5. The average Bonchev–Trinajstić information content (AvgIpc) is 3.37. The molecule has 5 aromatic rings. The van der Waals surface area contributed by atoms with Crippen molar-refractivity contribution in [3.63, 3.8) is 0 Å². The van der Waals surface area contributed by atoms with Gasteiger partial charge in [0, 0.05) is 59.4 Å². The molecule has 3 fully saturated rings. The van der Waals surface area contributed by atoms with Gasteiger partial charge in [-0.15, -0.1) is 0 Å². The summed E-state index contributed by atoms with van der Waals surface area (Å²) in [5.74, 6) is 2.15. The van der Waals surface area contributed by atoms with Crippen molar-refractivity contribution < 1.29 is 36.9 Å². The maximum atomic E-state index is 14.6. The van der Waals surface area contributed by atoms with Crippen LogP contribution in [0.1, 0.15) is 71.9 Å². The highest BCUT2D eigenvalue weighted by Crippen LogP contribution is 2.63. The van der Waals surface area contributed by atoms with E-state index in [0.29, 0.717) is 51.0 Å². The number of hydrogen-bond donors (Lipinski definition) is 0. The number of rotatable bonds is 6. The molecule has 10 rings (SSSR count). The normalized spacial score (nSPS) is 21.1. The van der Waals surface area contributed by atoms with Crippen molar-refractivity contribution in [2.75, 3.05) is 76.6 Å². The number of benzene rings is 5. The largest absolute Gasteiger partial charge is 0.497 e. The zero-order chi connectivity index (χ0) is 40.4. The first kappa shape index (κ1) is 38.0. The maximum Gasteiger partial charge on any atom is 0.416 e. The molecule has 5 aromatic carbocycles.